The smallest absolute Gasteiger partial charge is 0.481 e. The Morgan fingerprint density at radius 3 is 1.09 bits per heavy atom. The first-order valence-electron chi connectivity index (χ1n) is 32.8. The molecule has 106 heavy (non-hydrogen) atoms. The van der Waals surface area contributed by atoms with Crippen LogP contribution >= 0.6 is 0 Å². The standard InChI is InChI=1S/C27H27F3N2O2.C25H21F6N3O3S.C24H22F3N3O3S/c1-17(27(28,29)30)34-20-12-8-18(9-13-20)10-15-25-31-23-14-11-19(16-24(23)32-25)21-6-4-5-7-22(21)26(2,3)33;1-15(24(26,27)28)37-18-10-6-16(7-11-18)8-13-23-32-21-12-9-17(14-22(21)33-23)19-4-2-3-5-20(19)34-38(35,36)25(29,30)31;1-15(24(25,26)27)33-18-10-6-16(7-11-18)8-13-23-29-20-12-9-17(14-21(20)30-23)19-4-2-3-5-22(19)34(28,31)32/h4-9,11-14,16-17,33H,10,15H2,1-3H3,(H,31,32);2-7,9-12,14-15,34H,8,13H2,1H3,(H,32,33);2-7,9-12,14-15H,8,13H2,1H3,(H,29,30)(H2,28,31,32). The molecule has 0 bridgehead atoms. The van der Waals surface area contributed by atoms with Gasteiger partial charge in [-0.25, -0.2) is 28.5 Å². The van der Waals surface area contributed by atoms with E-state index in [1.807, 2.05) is 48.5 Å². The van der Waals surface area contributed by atoms with Gasteiger partial charge in [0.05, 0.1) is 49.3 Å². The van der Waals surface area contributed by atoms with E-state index in [4.69, 9.17) is 19.3 Å². The van der Waals surface area contributed by atoms with E-state index in [1.165, 1.54) is 48.5 Å². The van der Waals surface area contributed by atoms with E-state index in [2.05, 4.69) is 29.9 Å². The molecular formula is C76H70F12N8O8S2. The number of aromatic nitrogens is 6. The predicted molar refractivity (Wildman–Crippen MR) is 380 cm³/mol. The van der Waals surface area contributed by atoms with Crippen molar-refractivity contribution in [1.29, 1.82) is 0 Å². The number of aromatic amines is 3. The molecular weight excluding hydrogens is 1440 g/mol. The molecule has 0 saturated heterocycles. The van der Waals surface area contributed by atoms with Crippen molar-refractivity contribution in [2.45, 2.75) is 126 Å². The Bertz CT molecular complexity index is 5250. The summed E-state index contributed by atoms with van der Waals surface area (Å²) in [7, 11) is -9.47. The maximum atomic E-state index is 12.9. The lowest BCUT2D eigenvalue weighted by atomic mass is 9.89. The van der Waals surface area contributed by atoms with Crippen molar-refractivity contribution in [1.82, 2.24) is 29.9 Å². The number of aliphatic hydroxyl groups is 1. The van der Waals surface area contributed by atoms with E-state index in [0.717, 1.165) is 87.9 Å². The number of rotatable bonds is 22. The van der Waals surface area contributed by atoms with E-state index in [-0.39, 0.29) is 33.4 Å². The van der Waals surface area contributed by atoms with Crippen LogP contribution in [0.2, 0.25) is 0 Å². The van der Waals surface area contributed by atoms with Gasteiger partial charge >= 0.3 is 34.1 Å². The number of anilines is 1. The summed E-state index contributed by atoms with van der Waals surface area (Å²) in [6.07, 6.45) is -15.4. The zero-order chi connectivity index (χ0) is 76.7. The fourth-order valence-corrected chi connectivity index (χ4v) is 12.4. The number of H-pyrrole nitrogens is 3. The third-order valence-electron chi connectivity index (χ3n) is 16.8. The van der Waals surface area contributed by atoms with Crippen molar-refractivity contribution < 1.29 is 88.8 Å². The topological polar surface area (TPSA) is 240 Å². The third kappa shape index (κ3) is 20.3. The van der Waals surface area contributed by atoms with Crippen molar-refractivity contribution >= 4 is 58.8 Å². The highest BCUT2D eigenvalue weighted by atomic mass is 32.2. The van der Waals surface area contributed by atoms with Crippen LogP contribution in [0.4, 0.5) is 58.4 Å². The Balaban J connectivity index is 0.000000170. The molecule has 0 amide bonds. The van der Waals surface area contributed by atoms with E-state index in [0.29, 0.717) is 72.1 Å². The van der Waals surface area contributed by atoms with Crippen LogP contribution in [0.1, 0.15) is 74.3 Å². The maximum absolute atomic E-state index is 12.9. The summed E-state index contributed by atoms with van der Waals surface area (Å²) in [5.74, 6) is 2.63. The van der Waals surface area contributed by atoms with E-state index >= 15 is 0 Å². The zero-order valence-corrected chi connectivity index (χ0v) is 58.7. The zero-order valence-electron chi connectivity index (χ0n) is 57.1. The minimum Gasteiger partial charge on any atom is -0.481 e. The summed E-state index contributed by atoms with van der Waals surface area (Å²) in [5, 5.41) is 15.9. The highest BCUT2D eigenvalue weighted by Crippen LogP contribution is 2.37. The SMILES string of the molecule is CC(Oc1ccc(CCc2nc3ccc(-c4ccccc4C(C)(C)O)cc3[nH]2)cc1)C(F)(F)F.CC(Oc1ccc(CCc2nc3ccc(-c4ccccc4NS(=O)(=O)C(F)(F)F)cc3[nH]2)cc1)C(F)(F)F.CC(Oc1ccc(CCc2nc3ccc(-c4ccccc4S(N)(=O)=O)cc3[nH]2)cc1)C(F)(F)F. The molecule has 0 fully saturated rings. The predicted octanol–water partition coefficient (Wildman–Crippen LogP) is 18.2. The summed E-state index contributed by atoms with van der Waals surface area (Å²) in [4.78, 5) is 23.5. The Morgan fingerprint density at radius 2 is 0.745 bits per heavy atom. The van der Waals surface area contributed by atoms with Gasteiger partial charge in [0, 0.05) is 30.4 Å². The Morgan fingerprint density at radius 1 is 0.425 bits per heavy atom. The molecule has 0 saturated carbocycles. The molecule has 12 rings (SSSR count). The normalized spacial score (nSPS) is 13.3. The fraction of sp³-hybridized carbons (Fsp3) is 0.250. The van der Waals surface area contributed by atoms with E-state index < -0.39 is 68.0 Å². The maximum Gasteiger partial charge on any atom is 0.516 e. The number of alkyl halides is 12. The number of para-hydroxylation sites is 1. The van der Waals surface area contributed by atoms with E-state index in [1.54, 1.807) is 122 Å². The number of hydrogen-bond acceptors (Lipinski definition) is 11. The molecule has 9 aromatic carbocycles. The van der Waals surface area contributed by atoms with Crippen LogP contribution < -0.4 is 24.1 Å². The van der Waals surface area contributed by atoms with Gasteiger partial charge in [-0.05, 0) is 183 Å². The lowest BCUT2D eigenvalue weighted by molar-refractivity contribution is -0.189. The fourth-order valence-electron chi connectivity index (χ4n) is 11.1. The molecule has 0 aliphatic rings. The number of primary sulfonamides is 1. The molecule has 3 aromatic heterocycles. The molecule has 16 nitrogen and oxygen atoms in total. The molecule has 3 heterocycles. The number of nitrogens with one attached hydrogen (secondary N) is 4. The number of nitrogens with zero attached hydrogens (tertiary/aromatic N) is 3. The van der Waals surface area contributed by atoms with Crippen LogP contribution in [-0.4, -0.2) is 94.2 Å². The molecule has 558 valence electrons. The number of sulfonamides is 2. The number of benzene rings is 9. The Labute approximate surface area is 601 Å². The van der Waals surface area contributed by atoms with Gasteiger partial charge in [0.1, 0.15) is 34.7 Å². The second kappa shape index (κ2) is 31.7. The molecule has 3 atom stereocenters. The highest BCUT2D eigenvalue weighted by Gasteiger charge is 2.46. The third-order valence-corrected chi connectivity index (χ3v) is 18.9. The van der Waals surface area contributed by atoms with Gasteiger partial charge in [-0.1, -0.05) is 115 Å². The number of hydrogen-bond donors (Lipinski definition) is 6. The number of aryl methyl sites for hydroxylation is 6. The van der Waals surface area contributed by atoms with Gasteiger partial charge in [-0.3, -0.25) is 4.72 Å². The van der Waals surface area contributed by atoms with Crippen molar-refractivity contribution in [3.05, 3.63) is 240 Å². The van der Waals surface area contributed by atoms with Crippen LogP contribution in [0.25, 0.3) is 66.5 Å². The van der Waals surface area contributed by atoms with Gasteiger partial charge in [0.15, 0.2) is 18.3 Å². The Hall–Kier alpha value is -10.4. The first-order valence-corrected chi connectivity index (χ1v) is 35.8. The van der Waals surface area contributed by atoms with E-state index in [9.17, 15) is 74.6 Å². The van der Waals surface area contributed by atoms with Gasteiger partial charge in [-0.15, -0.1) is 0 Å². The quantitative estimate of drug-likeness (QED) is 0.0349. The minimum absolute atomic E-state index is 0.0474. The summed E-state index contributed by atoms with van der Waals surface area (Å²) >= 11 is 0. The van der Waals surface area contributed by atoms with Crippen molar-refractivity contribution in [2.24, 2.45) is 5.14 Å². The molecule has 7 N–H and O–H groups in total. The molecule has 3 unspecified atom stereocenters. The number of ether oxygens (including phenoxy) is 3. The van der Waals surface area contributed by atoms with Gasteiger partial charge < -0.3 is 34.3 Å². The largest absolute Gasteiger partial charge is 0.516 e. The van der Waals surface area contributed by atoms with Crippen molar-refractivity contribution in [3.8, 4) is 50.6 Å². The first kappa shape index (κ1) is 78.2. The Kier molecular flexibility index (Phi) is 23.4. The monoisotopic (exact) mass is 1510 g/mol. The van der Waals surface area contributed by atoms with Crippen LogP contribution in [0.15, 0.2) is 205 Å². The molecule has 30 heteroatoms. The van der Waals surface area contributed by atoms with Gasteiger partial charge in [0.2, 0.25) is 10.0 Å². The van der Waals surface area contributed by atoms with Gasteiger partial charge in [-0.2, -0.15) is 61.1 Å². The number of nitrogens with two attached hydrogens (primary N) is 1. The van der Waals surface area contributed by atoms with Crippen LogP contribution in [0.3, 0.4) is 0 Å². The average Bonchev–Trinajstić information content (AvgIpc) is 1.44. The van der Waals surface area contributed by atoms with Crippen molar-refractivity contribution in [2.75, 3.05) is 4.72 Å². The first-order chi connectivity index (χ1) is 49.7. The number of fused-ring (bicyclic) bond motifs is 3. The molecule has 0 aliphatic heterocycles. The lowest BCUT2D eigenvalue weighted by Gasteiger charge is -2.21. The van der Waals surface area contributed by atoms with Crippen LogP contribution in [0, 0.1) is 0 Å². The summed E-state index contributed by atoms with van der Waals surface area (Å²) in [6, 6.07) is 55.8. The average molecular weight is 1520 g/mol. The van der Waals surface area contributed by atoms with Crippen molar-refractivity contribution in [3.63, 3.8) is 0 Å². The molecule has 0 spiro atoms. The summed E-state index contributed by atoms with van der Waals surface area (Å²) in [6.45, 7) is 6.43. The summed E-state index contributed by atoms with van der Waals surface area (Å²) in [5.41, 5.74) is 5.27. The number of imidazole rings is 3. The molecule has 0 radical (unpaired) electrons. The molecule has 12 aromatic rings. The lowest BCUT2D eigenvalue weighted by Crippen LogP contribution is -2.31. The molecule has 0 aliphatic carbocycles. The second-order valence-corrected chi connectivity index (χ2v) is 28.5. The number of halogens is 12. The second-order valence-electron chi connectivity index (χ2n) is 25.3. The highest BCUT2D eigenvalue weighted by molar-refractivity contribution is 7.93. The van der Waals surface area contributed by atoms with Gasteiger partial charge in [0.25, 0.3) is 0 Å². The van der Waals surface area contributed by atoms with Crippen LogP contribution in [0.5, 0.6) is 17.2 Å². The van der Waals surface area contributed by atoms with Crippen LogP contribution in [-0.2, 0) is 64.2 Å². The summed E-state index contributed by atoms with van der Waals surface area (Å²) < 4.78 is 216. The minimum atomic E-state index is -5.60.